The van der Waals surface area contributed by atoms with Crippen LogP contribution in [0.2, 0.25) is 0 Å². The van der Waals surface area contributed by atoms with Crippen LogP contribution in [0.15, 0.2) is 24.3 Å². The Morgan fingerprint density at radius 3 is 2.65 bits per heavy atom. The summed E-state index contributed by atoms with van der Waals surface area (Å²) in [6.45, 7) is 1.95. The van der Waals surface area contributed by atoms with E-state index in [1.54, 1.807) is 17.8 Å². The summed E-state index contributed by atoms with van der Waals surface area (Å²) in [5, 5.41) is 13.0. The molecule has 102 valence electrons. The lowest BCUT2D eigenvalue weighted by atomic mass is 10.1. The van der Waals surface area contributed by atoms with Crippen molar-refractivity contribution in [3.63, 3.8) is 0 Å². The molecule has 0 fully saturated rings. The highest BCUT2D eigenvalue weighted by atomic mass is 16.4. The lowest BCUT2D eigenvalue weighted by Gasteiger charge is -2.03. The first kappa shape index (κ1) is 12.4. The van der Waals surface area contributed by atoms with Crippen molar-refractivity contribution >= 4 is 17.0 Å². The molecule has 0 saturated heterocycles. The second kappa shape index (κ2) is 4.19. The molecule has 3 rings (SSSR count). The minimum Gasteiger partial charge on any atom is -0.476 e. The molecule has 0 unspecified atom stereocenters. The predicted octanol–water partition coefficient (Wildman–Crippen LogP) is 1.98. The van der Waals surface area contributed by atoms with Gasteiger partial charge in [-0.15, -0.1) is 0 Å². The van der Waals surface area contributed by atoms with Gasteiger partial charge in [-0.25, -0.2) is 9.78 Å². The molecule has 0 saturated carbocycles. The maximum absolute atomic E-state index is 11.0. The summed E-state index contributed by atoms with van der Waals surface area (Å²) in [7, 11) is 3.70. The summed E-state index contributed by atoms with van der Waals surface area (Å²) < 4.78 is 3.58. The third kappa shape index (κ3) is 1.77. The standard InChI is InChI=1S/C14H14N4O2/c1-8-15-10-5-4-9(6-13(10)17(8)2)12-7-11(14(19)20)16-18(12)3/h4-7H,1-3H3,(H,19,20). The molecule has 1 aromatic carbocycles. The molecule has 0 bridgehead atoms. The van der Waals surface area contributed by atoms with Gasteiger partial charge in [-0.2, -0.15) is 5.10 Å². The van der Waals surface area contributed by atoms with E-state index in [9.17, 15) is 4.79 Å². The van der Waals surface area contributed by atoms with Crippen LogP contribution >= 0.6 is 0 Å². The van der Waals surface area contributed by atoms with Crippen LogP contribution in [0.25, 0.3) is 22.3 Å². The number of benzene rings is 1. The van der Waals surface area contributed by atoms with E-state index in [-0.39, 0.29) is 5.69 Å². The van der Waals surface area contributed by atoms with Crippen LogP contribution in [0.3, 0.4) is 0 Å². The second-order valence-electron chi connectivity index (χ2n) is 4.77. The normalized spacial score (nSPS) is 11.2. The van der Waals surface area contributed by atoms with Crippen LogP contribution in [-0.4, -0.2) is 30.4 Å². The van der Waals surface area contributed by atoms with E-state index in [0.717, 1.165) is 28.1 Å². The Hall–Kier alpha value is -2.63. The van der Waals surface area contributed by atoms with Gasteiger partial charge < -0.3 is 9.67 Å². The number of rotatable bonds is 2. The number of fused-ring (bicyclic) bond motifs is 1. The molecule has 2 heterocycles. The quantitative estimate of drug-likeness (QED) is 0.772. The molecule has 3 aromatic rings. The van der Waals surface area contributed by atoms with E-state index in [0.29, 0.717) is 0 Å². The van der Waals surface area contributed by atoms with Gasteiger partial charge in [-0.1, -0.05) is 6.07 Å². The van der Waals surface area contributed by atoms with Gasteiger partial charge in [0.05, 0.1) is 16.7 Å². The maximum atomic E-state index is 11.0. The lowest BCUT2D eigenvalue weighted by Crippen LogP contribution is -1.99. The van der Waals surface area contributed by atoms with Gasteiger partial charge in [0.2, 0.25) is 0 Å². The Morgan fingerprint density at radius 2 is 2.00 bits per heavy atom. The molecule has 1 N–H and O–H groups in total. The van der Waals surface area contributed by atoms with Gasteiger partial charge in [-0.3, -0.25) is 4.68 Å². The SMILES string of the molecule is Cc1nc2ccc(-c3cc(C(=O)O)nn3C)cc2n1C. The van der Waals surface area contributed by atoms with Gasteiger partial charge >= 0.3 is 5.97 Å². The second-order valence-corrected chi connectivity index (χ2v) is 4.77. The summed E-state index contributed by atoms with van der Waals surface area (Å²) in [5.41, 5.74) is 3.67. The van der Waals surface area contributed by atoms with Crippen molar-refractivity contribution < 1.29 is 9.90 Å². The average molecular weight is 270 g/mol. The Labute approximate surface area is 115 Å². The molecular weight excluding hydrogens is 256 g/mol. The molecule has 6 heteroatoms. The van der Waals surface area contributed by atoms with Gasteiger partial charge in [0, 0.05) is 19.7 Å². The van der Waals surface area contributed by atoms with Crippen LogP contribution in [0.5, 0.6) is 0 Å². The number of carboxylic acids is 1. The van der Waals surface area contributed by atoms with Crippen molar-refractivity contribution in [2.75, 3.05) is 0 Å². The molecule has 0 atom stereocenters. The van der Waals surface area contributed by atoms with Crippen molar-refractivity contribution in [2.45, 2.75) is 6.92 Å². The van der Waals surface area contributed by atoms with E-state index in [1.807, 2.05) is 36.7 Å². The third-order valence-corrected chi connectivity index (χ3v) is 3.50. The van der Waals surface area contributed by atoms with Crippen LogP contribution in [-0.2, 0) is 14.1 Å². The molecule has 0 aliphatic rings. The van der Waals surface area contributed by atoms with Gasteiger partial charge in [0.1, 0.15) is 5.82 Å². The van der Waals surface area contributed by atoms with E-state index in [2.05, 4.69) is 10.1 Å². The van der Waals surface area contributed by atoms with Gasteiger partial charge in [0.15, 0.2) is 5.69 Å². The fourth-order valence-corrected chi connectivity index (χ4v) is 2.31. The number of nitrogens with zero attached hydrogens (tertiary/aromatic N) is 4. The zero-order chi connectivity index (χ0) is 14.4. The zero-order valence-electron chi connectivity index (χ0n) is 11.5. The Kier molecular flexibility index (Phi) is 2.60. The number of hydrogen-bond acceptors (Lipinski definition) is 3. The zero-order valence-corrected chi connectivity index (χ0v) is 11.5. The van der Waals surface area contributed by atoms with Crippen molar-refractivity contribution in [3.8, 4) is 11.3 Å². The Bertz CT molecular complexity index is 829. The average Bonchev–Trinajstić information content (AvgIpc) is 2.92. The highest BCUT2D eigenvalue weighted by Gasteiger charge is 2.14. The van der Waals surface area contributed by atoms with Crippen LogP contribution in [0.4, 0.5) is 0 Å². The van der Waals surface area contributed by atoms with E-state index >= 15 is 0 Å². The predicted molar refractivity (Wildman–Crippen MR) is 74.6 cm³/mol. The fraction of sp³-hybridized carbons (Fsp3) is 0.214. The molecule has 0 radical (unpaired) electrons. The summed E-state index contributed by atoms with van der Waals surface area (Å²) in [6.07, 6.45) is 0. The molecule has 0 aliphatic carbocycles. The largest absolute Gasteiger partial charge is 0.476 e. The number of carboxylic acid groups (broad SMARTS) is 1. The highest BCUT2D eigenvalue weighted by molar-refractivity contribution is 5.88. The molecular formula is C14H14N4O2. The third-order valence-electron chi connectivity index (χ3n) is 3.50. The maximum Gasteiger partial charge on any atom is 0.356 e. The molecule has 20 heavy (non-hydrogen) atoms. The number of aryl methyl sites for hydroxylation is 3. The number of aromatic nitrogens is 4. The first-order valence-corrected chi connectivity index (χ1v) is 6.18. The van der Waals surface area contributed by atoms with Crippen LogP contribution in [0.1, 0.15) is 16.3 Å². The first-order valence-electron chi connectivity index (χ1n) is 6.18. The Morgan fingerprint density at radius 1 is 1.25 bits per heavy atom. The monoisotopic (exact) mass is 270 g/mol. The van der Waals surface area contributed by atoms with Crippen LogP contribution < -0.4 is 0 Å². The number of imidazole rings is 1. The van der Waals surface area contributed by atoms with E-state index in [1.165, 1.54) is 0 Å². The summed E-state index contributed by atoms with van der Waals surface area (Å²) in [4.78, 5) is 15.4. The first-order chi connectivity index (χ1) is 9.47. The molecule has 6 nitrogen and oxygen atoms in total. The minimum atomic E-state index is -1.02. The van der Waals surface area contributed by atoms with Crippen molar-refractivity contribution in [3.05, 3.63) is 35.8 Å². The molecule has 0 spiro atoms. The summed E-state index contributed by atoms with van der Waals surface area (Å²) in [6, 6.07) is 7.44. The smallest absolute Gasteiger partial charge is 0.356 e. The van der Waals surface area contributed by atoms with Gasteiger partial charge in [0.25, 0.3) is 0 Å². The summed E-state index contributed by atoms with van der Waals surface area (Å²) in [5.74, 6) is -0.0855. The Balaban J connectivity index is 2.19. The molecule has 0 amide bonds. The van der Waals surface area contributed by atoms with Crippen LogP contribution in [0, 0.1) is 6.92 Å². The lowest BCUT2D eigenvalue weighted by molar-refractivity contribution is 0.0689. The van der Waals surface area contributed by atoms with Crippen molar-refractivity contribution in [2.24, 2.45) is 14.1 Å². The topological polar surface area (TPSA) is 72.9 Å². The summed E-state index contributed by atoms with van der Waals surface area (Å²) >= 11 is 0. The number of aromatic carboxylic acids is 1. The molecule has 0 aliphatic heterocycles. The fourth-order valence-electron chi connectivity index (χ4n) is 2.31. The van der Waals surface area contributed by atoms with Gasteiger partial charge in [-0.05, 0) is 25.1 Å². The van der Waals surface area contributed by atoms with Crippen molar-refractivity contribution in [1.29, 1.82) is 0 Å². The minimum absolute atomic E-state index is 0.0452. The highest BCUT2D eigenvalue weighted by Crippen LogP contribution is 2.25. The number of carbonyl (C=O) groups is 1. The van der Waals surface area contributed by atoms with Crippen molar-refractivity contribution in [1.82, 2.24) is 19.3 Å². The van der Waals surface area contributed by atoms with E-state index in [4.69, 9.17) is 5.11 Å². The molecule has 2 aromatic heterocycles. The van der Waals surface area contributed by atoms with E-state index < -0.39 is 5.97 Å². The number of hydrogen-bond donors (Lipinski definition) is 1.